The van der Waals surface area contributed by atoms with Crippen molar-refractivity contribution in [2.45, 2.75) is 37.8 Å². The fraction of sp³-hybridized carbons (Fsp3) is 1.00. The SMILES string of the molecule is CN1CCCC1CN(CCO)C1CC1. The van der Waals surface area contributed by atoms with E-state index < -0.39 is 0 Å². The quantitative estimate of drug-likeness (QED) is 0.698. The van der Waals surface area contributed by atoms with Crippen molar-refractivity contribution in [3.63, 3.8) is 0 Å². The molecule has 0 aromatic rings. The smallest absolute Gasteiger partial charge is 0.0558 e. The van der Waals surface area contributed by atoms with Crippen LogP contribution in [0.15, 0.2) is 0 Å². The Bertz CT molecular complexity index is 182. The van der Waals surface area contributed by atoms with Crippen molar-refractivity contribution < 1.29 is 5.11 Å². The van der Waals surface area contributed by atoms with E-state index in [9.17, 15) is 0 Å². The zero-order valence-electron chi connectivity index (χ0n) is 9.15. The third-order valence-electron chi connectivity index (χ3n) is 3.57. The lowest BCUT2D eigenvalue weighted by Gasteiger charge is -2.28. The van der Waals surface area contributed by atoms with E-state index in [2.05, 4.69) is 16.8 Å². The summed E-state index contributed by atoms with van der Waals surface area (Å²) in [6, 6.07) is 1.53. The number of likely N-dealkylation sites (tertiary alicyclic amines) is 1. The number of nitrogens with zero attached hydrogens (tertiary/aromatic N) is 2. The second-order valence-corrected chi connectivity index (χ2v) is 4.73. The van der Waals surface area contributed by atoms with Gasteiger partial charge in [0.05, 0.1) is 6.61 Å². The average Bonchev–Trinajstić information content (AvgIpc) is 2.93. The van der Waals surface area contributed by atoms with Gasteiger partial charge in [-0.25, -0.2) is 0 Å². The lowest BCUT2D eigenvalue weighted by Crippen LogP contribution is -2.40. The van der Waals surface area contributed by atoms with Gasteiger partial charge in [-0.2, -0.15) is 0 Å². The standard InChI is InChI=1S/C11H22N2O/c1-12-6-2-3-11(12)9-13(7-8-14)10-4-5-10/h10-11,14H,2-9H2,1H3. The van der Waals surface area contributed by atoms with E-state index in [4.69, 9.17) is 5.11 Å². The molecule has 0 radical (unpaired) electrons. The van der Waals surface area contributed by atoms with Crippen LogP contribution in [0.1, 0.15) is 25.7 Å². The first-order chi connectivity index (χ1) is 6.81. The minimum absolute atomic E-state index is 0.312. The van der Waals surface area contributed by atoms with Gasteiger partial charge in [-0.3, -0.25) is 4.90 Å². The fourth-order valence-electron chi connectivity index (χ4n) is 2.47. The summed E-state index contributed by atoms with van der Waals surface area (Å²) in [4.78, 5) is 4.94. The molecule has 1 saturated carbocycles. The van der Waals surface area contributed by atoms with Gasteiger partial charge in [-0.1, -0.05) is 0 Å². The summed E-state index contributed by atoms with van der Waals surface area (Å²) in [5.74, 6) is 0. The van der Waals surface area contributed by atoms with Crippen LogP contribution < -0.4 is 0 Å². The molecule has 0 aromatic heterocycles. The van der Waals surface area contributed by atoms with Crippen LogP contribution in [0, 0.1) is 0 Å². The molecule has 1 saturated heterocycles. The van der Waals surface area contributed by atoms with Gasteiger partial charge in [0, 0.05) is 25.2 Å². The zero-order valence-corrected chi connectivity index (χ0v) is 9.15. The topological polar surface area (TPSA) is 26.7 Å². The van der Waals surface area contributed by atoms with Gasteiger partial charge in [0.2, 0.25) is 0 Å². The summed E-state index contributed by atoms with van der Waals surface area (Å²) in [6.07, 6.45) is 5.37. The maximum Gasteiger partial charge on any atom is 0.0558 e. The van der Waals surface area contributed by atoms with Crippen molar-refractivity contribution in [1.82, 2.24) is 9.80 Å². The van der Waals surface area contributed by atoms with Crippen LogP contribution in [0.4, 0.5) is 0 Å². The van der Waals surface area contributed by atoms with Gasteiger partial charge < -0.3 is 10.0 Å². The van der Waals surface area contributed by atoms with Gasteiger partial charge in [-0.15, -0.1) is 0 Å². The third kappa shape index (κ3) is 2.47. The molecule has 3 heteroatoms. The Morgan fingerprint density at radius 2 is 2.14 bits per heavy atom. The molecule has 1 atom stereocenters. The summed E-state index contributed by atoms with van der Waals surface area (Å²) < 4.78 is 0. The van der Waals surface area contributed by atoms with Crippen molar-refractivity contribution in [3.05, 3.63) is 0 Å². The molecule has 2 fully saturated rings. The highest BCUT2D eigenvalue weighted by Crippen LogP contribution is 2.28. The van der Waals surface area contributed by atoms with Crippen molar-refractivity contribution >= 4 is 0 Å². The molecular formula is C11H22N2O. The molecule has 2 aliphatic rings. The van der Waals surface area contributed by atoms with Crippen molar-refractivity contribution in [2.24, 2.45) is 0 Å². The number of aliphatic hydroxyl groups is 1. The molecule has 1 unspecified atom stereocenters. The predicted octanol–water partition coefficient (Wildman–Crippen LogP) is 0.537. The van der Waals surface area contributed by atoms with E-state index in [1.165, 1.54) is 38.8 Å². The molecule has 1 heterocycles. The summed E-state index contributed by atoms with van der Waals surface area (Å²) in [7, 11) is 2.22. The first-order valence-electron chi connectivity index (χ1n) is 5.86. The largest absolute Gasteiger partial charge is 0.395 e. The first kappa shape index (κ1) is 10.4. The molecule has 1 N–H and O–H groups in total. The minimum Gasteiger partial charge on any atom is -0.395 e. The van der Waals surface area contributed by atoms with E-state index in [1.807, 2.05) is 0 Å². The van der Waals surface area contributed by atoms with Crippen LogP contribution in [0.3, 0.4) is 0 Å². The Kier molecular flexibility index (Phi) is 3.42. The molecule has 0 amide bonds. The maximum atomic E-state index is 9.00. The Labute approximate surface area is 86.7 Å². The maximum absolute atomic E-state index is 9.00. The van der Waals surface area contributed by atoms with Gasteiger partial charge in [0.1, 0.15) is 0 Å². The van der Waals surface area contributed by atoms with E-state index >= 15 is 0 Å². The normalized spacial score (nSPS) is 28.9. The molecule has 1 aliphatic carbocycles. The predicted molar refractivity (Wildman–Crippen MR) is 57.3 cm³/mol. The second kappa shape index (κ2) is 4.60. The van der Waals surface area contributed by atoms with Crippen molar-refractivity contribution in [2.75, 3.05) is 33.3 Å². The van der Waals surface area contributed by atoms with Crippen LogP contribution in [0.2, 0.25) is 0 Å². The van der Waals surface area contributed by atoms with Crippen molar-refractivity contribution in [3.8, 4) is 0 Å². The van der Waals surface area contributed by atoms with Crippen LogP contribution in [-0.4, -0.2) is 60.3 Å². The third-order valence-corrected chi connectivity index (χ3v) is 3.57. The van der Waals surface area contributed by atoms with E-state index in [-0.39, 0.29) is 0 Å². The minimum atomic E-state index is 0.312. The Morgan fingerprint density at radius 1 is 1.36 bits per heavy atom. The highest BCUT2D eigenvalue weighted by atomic mass is 16.3. The monoisotopic (exact) mass is 198 g/mol. The van der Waals surface area contributed by atoms with Crippen molar-refractivity contribution in [1.29, 1.82) is 0 Å². The molecule has 2 rings (SSSR count). The van der Waals surface area contributed by atoms with Crippen LogP contribution in [0.5, 0.6) is 0 Å². The molecule has 0 aromatic carbocycles. The summed E-state index contributed by atoms with van der Waals surface area (Å²) in [6.45, 7) is 3.60. The average molecular weight is 198 g/mol. The number of likely N-dealkylation sites (N-methyl/N-ethyl adjacent to an activating group) is 1. The first-order valence-corrected chi connectivity index (χ1v) is 5.86. The highest BCUT2D eigenvalue weighted by Gasteiger charge is 2.32. The molecule has 14 heavy (non-hydrogen) atoms. The lowest BCUT2D eigenvalue weighted by atomic mass is 10.2. The fourth-order valence-corrected chi connectivity index (χ4v) is 2.47. The number of hydrogen-bond acceptors (Lipinski definition) is 3. The second-order valence-electron chi connectivity index (χ2n) is 4.73. The lowest BCUT2D eigenvalue weighted by molar-refractivity contribution is 0.151. The molecule has 3 nitrogen and oxygen atoms in total. The highest BCUT2D eigenvalue weighted by molar-refractivity contribution is 4.88. The Balaban J connectivity index is 1.80. The van der Waals surface area contributed by atoms with Crippen LogP contribution >= 0.6 is 0 Å². The number of rotatable bonds is 5. The van der Waals surface area contributed by atoms with Gasteiger partial charge in [-0.05, 0) is 39.3 Å². The van der Waals surface area contributed by atoms with E-state index in [0.29, 0.717) is 6.61 Å². The van der Waals surface area contributed by atoms with E-state index in [0.717, 1.165) is 18.6 Å². The molecule has 82 valence electrons. The summed E-state index contributed by atoms with van der Waals surface area (Å²) in [5, 5.41) is 9.00. The molecule has 1 aliphatic heterocycles. The van der Waals surface area contributed by atoms with Gasteiger partial charge in [0.15, 0.2) is 0 Å². The van der Waals surface area contributed by atoms with Crippen LogP contribution in [0.25, 0.3) is 0 Å². The van der Waals surface area contributed by atoms with Gasteiger partial charge >= 0.3 is 0 Å². The Hall–Kier alpha value is -0.120. The molecule has 0 bridgehead atoms. The number of hydrogen-bond donors (Lipinski definition) is 1. The van der Waals surface area contributed by atoms with Crippen LogP contribution in [-0.2, 0) is 0 Å². The number of aliphatic hydroxyl groups excluding tert-OH is 1. The summed E-state index contributed by atoms with van der Waals surface area (Å²) >= 11 is 0. The summed E-state index contributed by atoms with van der Waals surface area (Å²) in [5.41, 5.74) is 0. The van der Waals surface area contributed by atoms with Gasteiger partial charge in [0.25, 0.3) is 0 Å². The molecular weight excluding hydrogens is 176 g/mol. The van der Waals surface area contributed by atoms with E-state index in [1.54, 1.807) is 0 Å². The Morgan fingerprint density at radius 3 is 2.64 bits per heavy atom. The zero-order chi connectivity index (χ0) is 9.97. The molecule has 0 spiro atoms.